The Bertz CT molecular complexity index is 345. The number of aliphatic carboxylic acids is 1. The molecule has 0 saturated heterocycles. The fourth-order valence-corrected chi connectivity index (χ4v) is 2.17. The number of hydrogen-bond donors (Lipinski definition) is 4. The number of hydrogen-bond acceptors (Lipinski definition) is 4. The van der Waals surface area contributed by atoms with Crippen LogP contribution in [0, 0.1) is 5.92 Å². The van der Waals surface area contributed by atoms with E-state index >= 15 is 0 Å². The second-order valence-corrected chi connectivity index (χ2v) is 4.62. The van der Waals surface area contributed by atoms with E-state index in [0.717, 1.165) is 19.3 Å². The van der Waals surface area contributed by atoms with Gasteiger partial charge in [0.05, 0.1) is 12.3 Å². The summed E-state index contributed by atoms with van der Waals surface area (Å²) in [5.41, 5.74) is 10.8. The molecule has 2 amide bonds. The Kier molecular flexibility index (Phi) is 5.08. The van der Waals surface area contributed by atoms with Crippen molar-refractivity contribution in [3.05, 3.63) is 0 Å². The van der Waals surface area contributed by atoms with E-state index < -0.39 is 30.2 Å². The highest BCUT2D eigenvalue weighted by molar-refractivity contribution is 5.89. The zero-order valence-corrected chi connectivity index (χ0v) is 10.1. The molecule has 0 aliphatic heterocycles. The van der Waals surface area contributed by atoms with E-state index in [0.29, 0.717) is 6.42 Å². The highest BCUT2D eigenvalue weighted by Crippen LogP contribution is 2.23. The molecule has 2 unspecified atom stereocenters. The second-order valence-electron chi connectivity index (χ2n) is 4.62. The maximum absolute atomic E-state index is 11.9. The molecule has 7 nitrogen and oxygen atoms in total. The first-order valence-corrected chi connectivity index (χ1v) is 5.99. The van der Waals surface area contributed by atoms with Crippen molar-refractivity contribution in [2.75, 3.05) is 0 Å². The highest BCUT2D eigenvalue weighted by atomic mass is 16.4. The van der Waals surface area contributed by atoms with Gasteiger partial charge in [-0.15, -0.1) is 0 Å². The molecule has 0 heterocycles. The lowest BCUT2D eigenvalue weighted by Crippen LogP contribution is -2.50. The van der Waals surface area contributed by atoms with Crippen molar-refractivity contribution in [3.63, 3.8) is 0 Å². The molecule has 0 aromatic heterocycles. The van der Waals surface area contributed by atoms with Gasteiger partial charge in [0.25, 0.3) is 0 Å². The van der Waals surface area contributed by atoms with Crippen LogP contribution in [0.5, 0.6) is 0 Å². The van der Waals surface area contributed by atoms with E-state index in [1.807, 2.05) is 0 Å². The van der Waals surface area contributed by atoms with Crippen molar-refractivity contribution >= 4 is 17.8 Å². The van der Waals surface area contributed by atoms with E-state index in [1.165, 1.54) is 0 Å². The zero-order chi connectivity index (χ0) is 13.7. The molecule has 6 N–H and O–H groups in total. The predicted octanol–water partition coefficient (Wildman–Crippen LogP) is -1.05. The lowest BCUT2D eigenvalue weighted by atomic mass is 9.84. The number of rotatable bonds is 5. The summed E-state index contributed by atoms with van der Waals surface area (Å²) in [6, 6.07) is -1.52. The van der Waals surface area contributed by atoms with Crippen LogP contribution in [0.4, 0.5) is 0 Å². The molecule has 1 saturated carbocycles. The van der Waals surface area contributed by atoms with Crippen LogP contribution in [0.25, 0.3) is 0 Å². The molecule has 0 bridgehead atoms. The Morgan fingerprint density at radius 2 is 1.89 bits per heavy atom. The Balaban J connectivity index is 2.59. The number of carbonyl (C=O) groups excluding carboxylic acids is 2. The quantitative estimate of drug-likeness (QED) is 0.498. The van der Waals surface area contributed by atoms with Crippen LogP contribution >= 0.6 is 0 Å². The van der Waals surface area contributed by atoms with Gasteiger partial charge in [-0.3, -0.25) is 9.59 Å². The molecular formula is C11H19N3O4. The molecule has 18 heavy (non-hydrogen) atoms. The topological polar surface area (TPSA) is 136 Å². The van der Waals surface area contributed by atoms with E-state index in [-0.39, 0.29) is 12.0 Å². The summed E-state index contributed by atoms with van der Waals surface area (Å²) in [5.74, 6) is -2.83. The first kappa shape index (κ1) is 14.4. The van der Waals surface area contributed by atoms with Crippen LogP contribution in [-0.4, -0.2) is 35.0 Å². The van der Waals surface area contributed by atoms with Crippen LogP contribution in [0.3, 0.4) is 0 Å². The fraction of sp³-hybridized carbons (Fsp3) is 0.727. The molecule has 0 spiro atoms. The Hall–Kier alpha value is -1.63. The summed E-state index contributed by atoms with van der Waals surface area (Å²) in [5, 5.41) is 11.2. The molecule has 7 heteroatoms. The standard InChI is InChI=1S/C11H19N3O4/c12-7-4-2-1-3-6(7)10(16)14-8(11(17)18)5-9(13)15/h6-8H,1-5,12H2,(H2,13,15)(H,14,16)(H,17,18)/t6?,7?,8-/m1/s1. The van der Waals surface area contributed by atoms with Gasteiger partial charge in [0, 0.05) is 6.04 Å². The number of nitrogens with two attached hydrogens (primary N) is 2. The fourth-order valence-electron chi connectivity index (χ4n) is 2.17. The molecule has 0 aromatic rings. The summed E-state index contributed by atoms with van der Waals surface area (Å²) in [7, 11) is 0. The molecule has 0 aromatic carbocycles. The van der Waals surface area contributed by atoms with Crippen molar-refractivity contribution in [1.82, 2.24) is 5.32 Å². The number of carbonyl (C=O) groups is 3. The number of primary amides is 1. The number of carboxylic acid groups (broad SMARTS) is 1. The zero-order valence-electron chi connectivity index (χ0n) is 10.1. The summed E-state index contributed by atoms with van der Waals surface area (Å²) in [6.45, 7) is 0. The Labute approximate surface area is 105 Å². The molecule has 1 fully saturated rings. The van der Waals surface area contributed by atoms with Gasteiger partial charge < -0.3 is 21.9 Å². The lowest BCUT2D eigenvalue weighted by Gasteiger charge is -2.28. The van der Waals surface area contributed by atoms with Crippen LogP contribution in [0.1, 0.15) is 32.1 Å². The summed E-state index contributed by atoms with van der Waals surface area (Å²) < 4.78 is 0. The van der Waals surface area contributed by atoms with Crippen molar-refractivity contribution in [2.45, 2.75) is 44.2 Å². The van der Waals surface area contributed by atoms with E-state index in [9.17, 15) is 14.4 Å². The van der Waals surface area contributed by atoms with Crippen LogP contribution in [0.2, 0.25) is 0 Å². The van der Waals surface area contributed by atoms with Gasteiger partial charge in [0.1, 0.15) is 6.04 Å². The van der Waals surface area contributed by atoms with Crippen LogP contribution in [0.15, 0.2) is 0 Å². The van der Waals surface area contributed by atoms with E-state index in [2.05, 4.69) is 5.32 Å². The summed E-state index contributed by atoms with van der Waals surface area (Å²) >= 11 is 0. The van der Waals surface area contributed by atoms with E-state index in [1.54, 1.807) is 0 Å². The SMILES string of the molecule is NC(=O)C[C@@H](NC(=O)C1CCCCC1N)C(=O)O. The smallest absolute Gasteiger partial charge is 0.326 e. The lowest BCUT2D eigenvalue weighted by molar-refractivity contribution is -0.144. The maximum Gasteiger partial charge on any atom is 0.326 e. The van der Waals surface area contributed by atoms with Crippen LogP contribution in [-0.2, 0) is 14.4 Å². The minimum absolute atomic E-state index is 0.248. The van der Waals surface area contributed by atoms with E-state index in [4.69, 9.17) is 16.6 Å². The predicted molar refractivity (Wildman–Crippen MR) is 63.3 cm³/mol. The third kappa shape index (κ3) is 3.99. The molecule has 1 aliphatic rings. The van der Waals surface area contributed by atoms with Crippen LogP contribution < -0.4 is 16.8 Å². The molecule has 1 rings (SSSR count). The van der Waals surface area contributed by atoms with Gasteiger partial charge in [0.2, 0.25) is 11.8 Å². The average Bonchev–Trinajstić information content (AvgIpc) is 2.27. The first-order valence-electron chi connectivity index (χ1n) is 5.99. The third-order valence-electron chi connectivity index (χ3n) is 3.18. The molecule has 102 valence electrons. The second kappa shape index (κ2) is 6.34. The number of carboxylic acids is 1. The van der Waals surface area contributed by atoms with Gasteiger partial charge in [-0.1, -0.05) is 12.8 Å². The molecule has 3 atom stereocenters. The average molecular weight is 257 g/mol. The van der Waals surface area contributed by atoms with Crippen molar-refractivity contribution in [2.24, 2.45) is 17.4 Å². The first-order chi connectivity index (χ1) is 8.41. The van der Waals surface area contributed by atoms with Gasteiger partial charge in [0.15, 0.2) is 0 Å². The minimum Gasteiger partial charge on any atom is -0.480 e. The van der Waals surface area contributed by atoms with Crippen molar-refractivity contribution in [3.8, 4) is 0 Å². The Morgan fingerprint density at radius 3 is 2.39 bits per heavy atom. The maximum atomic E-state index is 11.9. The molecular weight excluding hydrogens is 238 g/mol. The number of amides is 2. The van der Waals surface area contributed by atoms with Gasteiger partial charge in [-0.2, -0.15) is 0 Å². The van der Waals surface area contributed by atoms with Gasteiger partial charge in [-0.25, -0.2) is 4.79 Å². The summed E-state index contributed by atoms with van der Waals surface area (Å²) in [4.78, 5) is 33.5. The van der Waals surface area contributed by atoms with Crippen molar-refractivity contribution in [1.29, 1.82) is 0 Å². The molecule has 0 radical (unpaired) electrons. The van der Waals surface area contributed by atoms with Gasteiger partial charge >= 0.3 is 5.97 Å². The van der Waals surface area contributed by atoms with Crippen molar-refractivity contribution < 1.29 is 19.5 Å². The summed E-state index contributed by atoms with van der Waals surface area (Å²) in [6.07, 6.45) is 2.87. The number of nitrogens with one attached hydrogen (secondary N) is 1. The normalized spacial score (nSPS) is 25.2. The monoisotopic (exact) mass is 257 g/mol. The Morgan fingerprint density at radius 1 is 1.28 bits per heavy atom. The highest BCUT2D eigenvalue weighted by Gasteiger charge is 2.31. The third-order valence-corrected chi connectivity index (χ3v) is 3.18. The largest absolute Gasteiger partial charge is 0.480 e. The van der Waals surface area contributed by atoms with Gasteiger partial charge in [-0.05, 0) is 12.8 Å². The molecule has 1 aliphatic carbocycles. The minimum atomic E-state index is -1.27.